The molecule has 0 radical (unpaired) electrons. The van der Waals surface area contributed by atoms with E-state index in [1.807, 2.05) is 7.05 Å². The first-order valence-electron chi connectivity index (χ1n) is 10.1. The summed E-state index contributed by atoms with van der Waals surface area (Å²) in [5, 5.41) is 6.85. The van der Waals surface area contributed by atoms with Gasteiger partial charge < -0.3 is 20.1 Å². The van der Waals surface area contributed by atoms with Crippen LogP contribution in [0.5, 0.6) is 0 Å². The minimum absolute atomic E-state index is 0.228. The van der Waals surface area contributed by atoms with Crippen LogP contribution in [0.2, 0.25) is 0 Å². The summed E-state index contributed by atoms with van der Waals surface area (Å²) in [5.41, 5.74) is 0. The Morgan fingerprint density at radius 2 is 2.12 bits per heavy atom. The smallest absolute Gasteiger partial charge is 0.191 e. The van der Waals surface area contributed by atoms with Gasteiger partial charge in [0.25, 0.3) is 0 Å². The highest BCUT2D eigenvalue weighted by Gasteiger charge is 2.28. The molecule has 0 aromatic carbocycles. The third kappa shape index (κ3) is 8.20. The zero-order valence-electron chi connectivity index (χ0n) is 17.2. The van der Waals surface area contributed by atoms with Crippen LogP contribution >= 0.6 is 0 Å². The van der Waals surface area contributed by atoms with E-state index in [0.29, 0.717) is 5.92 Å². The molecule has 1 aliphatic carbocycles. The number of nitrogens with zero attached hydrogens (tertiary/aromatic N) is 3. The first-order valence-corrected chi connectivity index (χ1v) is 10.1. The standard InChI is InChI=1S/C19H39N5O2/c1-16(2)14-23-9-12-26-18(15-23)13-22-19(20-3)21-7-8-24(10-11-25-4)17-5-6-17/h16-18H,5-15H2,1-4H3,(H2,20,21,22). The lowest BCUT2D eigenvalue weighted by Crippen LogP contribution is -2.50. The average molecular weight is 370 g/mol. The molecule has 152 valence electrons. The van der Waals surface area contributed by atoms with Gasteiger partial charge in [0.1, 0.15) is 0 Å². The molecule has 1 saturated carbocycles. The predicted molar refractivity (Wildman–Crippen MR) is 107 cm³/mol. The first-order chi connectivity index (χ1) is 12.6. The van der Waals surface area contributed by atoms with Crippen molar-refractivity contribution in [2.75, 3.05) is 73.2 Å². The van der Waals surface area contributed by atoms with Gasteiger partial charge in [-0.1, -0.05) is 13.8 Å². The lowest BCUT2D eigenvalue weighted by Gasteiger charge is -2.34. The minimum atomic E-state index is 0.228. The third-order valence-electron chi connectivity index (χ3n) is 4.90. The van der Waals surface area contributed by atoms with Crippen molar-refractivity contribution in [1.29, 1.82) is 0 Å². The lowest BCUT2D eigenvalue weighted by molar-refractivity contribution is -0.0284. The molecule has 0 aromatic heterocycles. The van der Waals surface area contributed by atoms with Crippen molar-refractivity contribution < 1.29 is 9.47 Å². The van der Waals surface area contributed by atoms with Gasteiger partial charge in [0.05, 0.1) is 19.3 Å². The van der Waals surface area contributed by atoms with Crippen LogP contribution in [0.15, 0.2) is 4.99 Å². The van der Waals surface area contributed by atoms with Crippen molar-refractivity contribution in [3.63, 3.8) is 0 Å². The molecular formula is C19H39N5O2. The molecule has 2 aliphatic rings. The summed E-state index contributed by atoms with van der Waals surface area (Å²) in [7, 11) is 3.59. The number of hydrogen-bond acceptors (Lipinski definition) is 5. The molecule has 2 fully saturated rings. The molecule has 1 saturated heterocycles. The van der Waals surface area contributed by atoms with E-state index in [9.17, 15) is 0 Å². The van der Waals surface area contributed by atoms with E-state index in [1.165, 1.54) is 12.8 Å². The van der Waals surface area contributed by atoms with Gasteiger partial charge in [-0.3, -0.25) is 14.8 Å². The van der Waals surface area contributed by atoms with E-state index in [4.69, 9.17) is 9.47 Å². The van der Waals surface area contributed by atoms with E-state index in [2.05, 4.69) is 39.3 Å². The van der Waals surface area contributed by atoms with Gasteiger partial charge >= 0.3 is 0 Å². The van der Waals surface area contributed by atoms with Crippen LogP contribution in [0.3, 0.4) is 0 Å². The van der Waals surface area contributed by atoms with Gasteiger partial charge in [-0.05, 0) is 18.8 Å². The second kappa shape index (κ2) is 11.7. The molecule has 0 amide bonds. The van der Waals surface area contributed by atoms with Crippen molar-refractivity contribution in [2.45, 2.75) is 38.8 Å². The fraction of sp³-hybridized carbons (Fsp3) is 0.947. The normalized spacial score (nSPS) is 22.2. The number of rotatable bonds is 11. The highest BCUT2D eigenvalue weighted by atomic mass is 16.5. The van der Waals surface area contributed by atoms with Crippen molar-refractivity contribution in [2.24, 2.45) is 10.9 Å². The zero-order valence-corrected chi connectivity index (χ0v) is 17.2. The Morgan fingerprint density at radius 1 is 1.31 bits per heavy atom. The van der Waals surface area contributed by atoms with Crippen molar-refractivity contribution >= 4 is 5.96 Å². The number of morpholine rings is 1. The van der Waals surface area contributed by atoms with Crippen LogP contribution in [0.1, 0.15) is 26.7 Å². The maximum Gasteiger partial charge on any atom is 0.191 e. The summed E-state index contributed by atoms with van der Waals surface area (Å²) in [6.45, 7) is 13.1. The molecule has 2 N–H and O–H groups in total. The van der Waals surface area contributed by atoms with E-state index in [-0.39, 0.29) is 6.10 Å². The Balaban J connectivity index is 1.64. The summed E-state index contributed by atoms with van der Waals surface area (Å²) < 4.78 is 11.1. The second-order valence-electron chi connectivity index (χ2n) is 7.79. The highest BCUT2D eigenvalue weighted by molar-refractivity contribution is 5.79. The molecule has 26 heavy (non-hydrogen) atoms. The molecule has 0 aromatic rings. The maximum atomic E-state index is 5.90. The van der Waals surface area contributed by atoms with Crippen LogP contribution in [0.4, 0.5) is 0 Å². The van der Waals surface area contributed by atoms with E-state index >= 15 is 0 Å². The Bertz CT molecular complexity index is 415. The Labute approximate surface area is 159 Å². The van der Waals surface area contributed by atoms with Crippen molar-refractivity contribution in [3.8, 4) is 0 Å². The SMILES string of the molecule is CN=C(NCCN(CCOC)C1CC1)NCC1CN(CC(C)C)CCO1. The number of hydrogen-bond donors (Lipinski definition) is 2. The molecule has 2 rings (SSSR count). The maximum absolute atomic E-state index is 5.90. The Morgan fingerprint density at radius 3 is 2.77 bits per heavy atom. The fourth-order valence-corrected chi connectivity index (χ4v) is 3.46. The van der Waals surface area contributed by atoms with Gasteiger partial charge in [0, 0.05) is 66.0 Å². The second-order valence-corrected chi connectivity index (χ2v) is 7.79. The molecular weight excluding hydrogens is 330 g/mol. The average Bonchev–Trinajstić information content (AvgIpc) is 3.45. The molecule has 1 aliphatic heterocycles. The van der Waals surface area contributed by atoms with E-state index in [1.54, 1.807) is 7.11 Å². The summed E-state index contributed by atoms with van der Waals surface area (Å²) in [4.78, 5) is 9.35. The summed E-state index contributed by atoms with van der Waals surface area (Å²) >= 11 is 0. The Hall–Kier alpha value is -0.890. The van der Waals surface area contributed by atoms with E-state index < -0.39 is 0 Å². The molecule has 0 bridgehead atoms. The summed E-state index contributed by atoms with van der Waals surface area (Å²) in [6, 6.07) is 0.754. The highest BCUT2D eigenvalue weighted by Crippen LogP contribution is 2.25. The largest absolute Gasteiger partial charge is 0.383 e. The van der Waals surface area contributed by atoms with Crippen LogP contribution in [0, 0.1) is 5.92 Å². The van der Waals surface area contributed by atoms with Gasteiger partial charge in [-0.2, -0.15) is 0 Å². The number of guanidine groups is 1. The van der Waals surface area contributed by atoms with Crippen molar-refractivity contribution in [1.82, 2.24) is 20.4 Å². The molecule has 1 atom stereocenters. The van der Waals surface area contributed by atoms with E-state index in [0.717, 1.165) is 71.0 Å². The molecule has 1 heterocycles. The number of aliphatic imine (C=N–C) groups is 1. The fourth-order valence-electron chi connectivity index (χ4n) is 3.46. The van der Waals surface area contributed by atoms with Crippen molar-refractivity contribution in [3.05, 3.63) is 0 Å². The summed E-state index contributed by atoms with van der Waals surface area (Å²) in [5.74, 6) is 1.56. The molecule has 7 heteroatoms. The summed E-state index contributed by atoms with van der Waals surface area (Å²) in [6.07, 6.45) is 2.87. The minimum Gasteiger partial charge on any atom is -0.383 e. The van der Waals surface area contributed by atoms with Gasteiger partial charge in [-0.15, -0.1) is 0 Å². The van der Waals surface area contributed by atoms with Crippen LogP contribution in [-0.2, 0) is 9.47 Å². The molecule has 1 unspecified atom stereocenters. The van der Waals surface area contributed by atoms with Gasteiger partial charge in [0.15, 0.2) is 5.96 Å². The predicted octanol–water partition coefficient (Wildman–Crippen LogP) is 0.619. The van der Waals surface area contributed by atoms with Crippen LogP contribution < -0.4 is 10.6 Å². The number of ether oxygens (including phenoxy) is 2. The number of methoxy groups -OCH3 is 1. The van der Waals surface area contributed by atoms with Crippen LogP contribution in [0.25, 0.3) is 0 Å². The number of nitrogens with one attached hydrogen (secondary N) is 2. The van der Waals surface area contributed by atoms with Gasteiger partial charge in [-0.25, -0.2) is 0 Å². The monoisotopic (exact) mass is 369 g/mol. The third-order valence-corrected chi connectivity index (χ3v) is 4.90. The molecule has 0 spiro atoms. The van der Waals surface area contributed by atoms with Gasteiger partial charge in [0.2, 0.25) is 0 Å². The first kappa shape index (κ1) is 21.4. The quantitative estimate of drug-likeness (QED) is 0.411. The zero-order chi connectivity index (χ0) is 18.8. The Kier molecular flexibility index (Phi) is 9.67. The van der Waals surface area contributed by atoms with Crippen LogP contribution in [-0.4, -0.2) is 101 Å². The lowest BCUT2D eigenvalue weighted by atomic mass is 10.2. The topological polar surface area (TPSA) is 61.4 Å². The molecule has 7 nitrogen and oxygen atoms in total.